The van der Waals surface area contributed by atoms with Crippen LogP contribution in [0.25, 0.3) is 11.3 Å². The van der Waals surface area contributed by atoms with Crippen LogP contribution < -0.4 is 5.32 Å². The molecule has 0 aliphatic heterocycles. The predicted octanol–water partition coefficient (Wildman–Crippen LogP) is 4.01. The Hall–Kier alpha value is -2.66. The smallest absolute Gasteiger partial charge is 0.269 e. The van der Waals surface area contributed by atoms with E-state index in [2.05, 4.69) is 20.5 Å². The number of H-pyrrole nitrogens is 1. The molecule has 2 N–H and O–H groups in total. The van der Waals surface area contributed by atoms with Crippen molar-refractivity contribution in [2.45, 2.75) is 19.4 Å². The lowest BCUT2D eigenvalue weighted by Crippen LogP contribution is -2.29. The first kappa shape index (κ1) is 16.2. The molecule has 2 aromatic heterocycles. The van der Waals surface area contributed by atoms with Gasteiger partial charge < -0.3 is 5.32 Å². The van der Waals surface area contributed by atoms with Gasteiger partial charge in [0.2, 0.25) is 0 Å². The molecule has 122 valence electrons. The van der Waals surface area contributed by atoms with Crippen molar-refractivity contribution in [1.29, 1.82) is 0 Å². The number of rotatable bonds is 5. The van der Waals surface area contributed by atoms with Crippen LogP contribution in [-0.2, 0) is 0 Å². The molecule has 0 saturated heterocycles. The van der Waals surface area contributed by atoms with E-state index < -0.39 is 0 Å². The van der Waals surface area contributed by atoms with Crippen LogP contribution in [0.3, 0.4) is 0 Å². The molecule has 0 fully saturated rings. The molecular formula is C18H17ClN4O. The summed E-state index contributed by atoms with van der Waals surface area (Å²) in [5, 5.41) is 10.5. The summed E-state index contributed by atoms with van der Waals surface area (Å²) in [5.74, 6) is -0.224. The Morgan fingerprint density at radius 2 is 2.04 bits per heavy atom. The largest absolute Gasteiger partial charge is 0.342 e. The Morgan fingerprint density at radius 1 is 1.25 bits per heavy atom. The van der Waals surface area contributed by atoms with Crippen molar-refractivity contribution < 1.29 is 4.79 Å². The van der Waals surface area contributed by atoms with Crippen molar-refractivity contribution in [2.75, 3.05) is 0 Å². The Morgan fingerprint density at radius 3 is 2.75 bits per heavy atom. The van der Waals surface area contributed by atoms with Crippen molar-refractivity contribution in [3.63, 3.8) is 0 Å². The average molecular weight is 341 g/mol. The number of hydrogen-bond donors (Lipinski definition) is 2. The van der Waals surface area contributed by atoms with Gasteiger partial charge >= 0.3 is 0 Å². The number of benzene rings is 1. The van der Waals surface area contributed by atoms with Crippen LogP contribution in [0.15, 0.2) is 54.7 Å². The van der Waals surface area contributed by atoms with Crippen molar-refractivity contribution >= 4 is 17.5 Å². The fraction of sp³-hybridized carbons (Fsp3) is 0.167. The molecule has 5 nitrogen and oxygen atoms in total. The minimum atomic E-state index is -0.224. The van der Waals surface area contributed by atoms with Gasteiger partial charge in [0.05, 0.1) is 22.5 Å². The van der Waals surface area contributed by atoms with E-state index in [0.29, 0.717) is 16.4 Å². The number of amides is 1. The van der Waals surface area contributed by atoms with Gasteiger partial charge in [0.25, 0.3) is 5.91 Å². The van der Waals surface area contributed by atoms with Gasteiger partial charge in [0, 0.05) is 11.8 Å². The zero-order valence-electron chi connectivity index (χ0n) is 13.2. The summed E-state index contributed by atoms with van der Waals surface area (Å²) < 4.78 is 0. The standard InChI is InChI=1S/C18H17ClN4O/c1-2-14(15-9-5-6-10-20-15)21-18(24)17-11-16(22-23-17)12-7-3-4-8-13(12)19/h3-11,14H,2H2,1H3,(H,21,24)(H,22,23)/t14-/m0/s1. The highest BCUT2D eigenvalue weighted by Gasteiger charge is 2.17. The second-order valence-corrected chi connectivity index (χ2v) is 5.74. The molecule has 6 heteroatoms. The number of aromatic amines is 1. The summed E-state index contributed by atoms with van der Waals surface area (Å²) in [6.07, 6.45) is 2.46. The second kappa shape index (κ2) is 7.27. The van der Waals surface area contributed by atoms with E-state index in [9.17, 15) is 4.79 Å². The summed E-state index contributed by atoms with van der Waals surface area (Å²) in [6, 6.07) is 14.6. The monoisotopic (exact) mass is 340 g/mol. The van der Waals surface area contributed by atoms with Crippen LogP contribution in [0.1, 0.15) is 35.6 Å². The third-order valence-corrected chi connectivity index (χ3v) is 4.06. The molecule has 3 rings (SSSR count). The van der Waals surface area contributed by atoms with Gasteiger partial charge in [-0.15, -0.1) is 0 Å². The number of pyridine rings is 1. The van der Waals surface area contributed by atoms with Gasteiger partial charge in [-0.2, -0.15) is 5.10 Å². The summed E-state index contributed by atoms with van der Waals surface area (Å²) in [5.41, 5.74) is 2.64. The predicted molar refractivity (Wildman–Crippen MR) is 93.8 cm³/mol. The summed E-state index contributed by atoms with van der Waals surface area (Å²) in [7, 11) is 0. The third-order valence-electron chi connectivity index (χ3n) is 3.73. The highest BCUT2D eigenvalue weighted by Crippen LogP contribution is 2.26. The third kappa shape index (κ3) is 3.46. The summed E-state index contributed by atoms with van der Waals surface area (Å²) >= 11 is 6.17. The molecule has 0 unspecified atom stereocenters. The lowest BCUT2D eigenvalue weighted by atomic mass is 10.1. The molecular weight excluding hydrogens is 324 g/mol. The van der Waals surface area contributed by atoms with Gasteiger partial charge in [0.1, 0.15) is 5.69 Å². The molecule has 2 heterocycles. The molecule has 3 aromatic rings. The minimum absolute atomic E-state index is 0.147. The fourth-order valence-electron chi connectivity index (χ4n) is 2.45. The number of nitrogens with zero attached hydrogens (tertiary/aromatic N) is 2. The van der Waals surface area contributed by atoms with E-state index in [4.69, 9.17) is 11.6 Å². The Balaban J connectivity index is 1.78. The fourth-order valence-corrected chi connectivity index (χ4v) is 2.68. The zero-order chi connectivity index (χ0) is 16.9. The van der Waals surface area contributed by atoms with E-state index in [1.807, 2.05) is 43.3 Å². The van der Waals surface area contributed by atoms with Gasteiger partial charge in [-0.3, -0.25) is 14.9 Å². The molecule has 0 saturated carbocycles. The Bertz CT molecular complexity index is 832. The summed E-state index contributed by atoms with van der Waals surface area (Å²) in [6.45, 7) is 2.00. The lowest BCUT2D eigenvalue weighted by Gasteiger charge is -2.15. The normalized spacial score (nSPS) is 11.9. The number of carbonyl (C=O) groups excluding carboxylic acids is 1. The van der Waals surface area contributed by atoms with Crippen LogP contribution in [0.2, 0.25) is 5.02 Å². The Kier molecular flexibility index (Phi) is 4.91. The first-order valence-electron chi connectivity index (χ1n) is 7.71. The van der Waals surface area contributed by atoms with E-state index in [0.717, 1.165) is 17.7 Å². The highest BCUT2D eigenvalue weighted by atomic mass is 35.5. The molecule has 1 amide bonds. The molecule has 0 aliphatic carbocycles. The molecule has 0 spiro atoms. The quantitative estimate of drug-likeness (QED) is 0.737. The van der Waals surface area contributed by atoms with Crippen LogP contribution in [0.4, 0.5) is 0 Å². The van der Waals surface area contributed by atoms with Gasteiger partial charge in [0.15, 0.2) is 0 Å². The number of halogens is 1. The first-order valence-corrected chi connectivity index (χ1v) is 8.09. The molecule has 0 bridgehead atoms. The maximum absolute atomic E-state index is 12.5. The molecule has 0 radical (unpaired) electrons. The Labute approximate surface area is 145 Å². The number of nitrogens with one attached hydrogen (secondary N) is 2. The minimum Gasteiger partial charge on any atom is -0.342 e. The topological polar surface area (TPSA) is 70.7 Å². The first-order chi connectivity index (χ1) is 11.7. The van der Waals surface area contributed by atoms with Gasteiger partial charge in [-0.25, -0.2) is 0 Å². The van der Waals surface area contributed by atoms with Gasteiger partial charge in [-0.05, 0) is 30.7 Å². The number of hydrogen-bond acceptors (Lipinski definition) is 3. The second-order valence-electron chi connectivity index (χ2n) is 5.34. The zero-order valence-corrected chi connectivity index (χ0v) is 13.9. The maximum atomic E-state index is 12.5. The van der Waals surface area contributed by atoms with E-state index in [-0.39, 0.29) is 11.9 Å². The van der Waals surface area contributed by atoms with Crippen LogP contribution in [-0.4, -0.2) is 21.1 Å². The highest BCUT2D eigenvalue weighted by molar-refractivity contribution is 6.33. The summed E-state index contributed by atoms with van der Waals surface area (Å²) in [4.78, 5) is 16.8. The van der Waals surface area contributed by atoms with E-state index >= 15 is 0 Å². The van der Waals surface area contributed by atoms with Crippen molar-refractivity contribution in [3.8, 4) is 11.3 Å². The molecule has 1 aromatic carbocycles. The average Bonchev–Trinajstić information content (AvgIpc) is 3.10. The van der Waals surface area contributed by atoms with Gasteiger partial charge in [-0.1, -0.05) is 42.8 Å². The molecule has 0 aliphatic rings. The van der Waals surface area contributed by atoms with Crippen molar-refractivity contribution in [1.82, 2.24) is 20.5 Å². The molecule has 1 atom stereocenters. The van der Waals surface area contributed by atoms with Crippen molar-refractivity contribution in [3.05, 3.63) is 71.1 Å². The number of aromatic nitrogens is 3. The lowest BCUT2D eigenvalue weighted by molar-refractivity contribution is 0.0929. The van der Waals surface area contributed by atoms with Crippen molar-refractivity contribution in [2.24, 2.45) is 0 Å². The number of carbonyl (C=O) groups is 1. The van der Waals surface area contributed by atoms with E-state index in [1.54, 1.807) is 18.3 Å². The van der Waals surface area contributed by atoms with Crippen LogP contribution >= 0.6 is 11.6 Å². The maximum Gasteiger partial charge on any atom is 0.269 e. The molecule has 24 heavy (non-hydrogen) atoms. The van der Waals surface area contributed by atoms with E-state index in [1.165, 1.54) is 0 Å². The van der Waals surface area contributed by atoms with Crippen LogP contribution in [0, 0.1) is 0 Å². The van der Waals surface area contributed by atoms with Crippen LogP contribution in [0.5, 0.6) is 0 Å². The SMILES string of the molecule is CC[C@H](NC(=O)c1cc(-c2ccccc2Cl)n[nH]1)c1ccccn1.